The van der Waals surface area contributed by atoms with Gasteiger partial charge >= 0.3 is 0 Å². The van der Waals surface area contributed by atoms with Gasteiger partial charge < -0.3 is 11.1 Å². The highest BCUT2D eigenvalue weighted by atomic mass is 16.6. The molecule has 4 rings (SSSR count). The van der Waals surface area contributed by atoms with Crippen molar-refractivity contribution in [3.63, 3.8) is 0 Å². The van der Waals surface area contributed by atoms with Crippen LogP contribution in [-0.2, 0) is 4.79 Å². The molecule has 2 amide bonds. The second kappa shape index (κ2) is 8.87. The molecule has 0 bridgehead atoms. The van der Waals surface area contributed by atoms with E-state index in [2.05, 4.69) is 41.1 Å². The number of nitrogen functional groups attached to an aromatic ring is 1. The number of hydrogen-bond acceptors (Lipinski definition) is 9. The van der Waals surface area contributed by atoms with Gasteiger partial charge in [0.05, 0.1) is 6.21 Å². The first-order valence-corrected chi connectivity index (χ1v) is 9.33. The first kappa shape index (κ1) is 20.4. The number of anilines is 2. The van der Waals surface area contributed by atoms with Gasteiger partial charge in [-0.05, 0) is 28.0 Å². The highest BCUT2D eigenvalue weighted by Crippen LogP contribution is 2.26. The molecule has 0 radical (unpaired) electrons. The van der Waals surface area contributed by atoms with Crippen LogP contribution in [0.2, 0.25) is 0 Å². The molecule has 12 nitrogen and oxygen atoms in total. The van der Waals surface area contributed by atoms with Crippen molar-refractivity contribution < 1.29 is 14.2 Å². The number of carbonyl (C=O) groups is 2. The lowest BCUT2D eigenvalue weighted by Crippen LogP contribution is -2.19. The highest BCUT2D eigenvalue weighted by molar-refractivity contribution is 5.99. The minimum absolute atomic E-state index is 0.000213. The van der Waals surface area contributed by atoms with E-state index in [0.29, 0.717) is 22.5 Å². The second-order valence-corrected chi connectivity index (χ2v) is 6.54. The standard InChI is InChI=1S/C20H17N9O3/c1-12(30)23-15-9-7-13(8-10-15)11-22-25-20(31)16-17(14-5-3-2-4-6-14)29(28-24-16)19-18(21)26-32-27-19/h2-11H,1H3,(H2,21,26)(H,23,30)(H,25,31)/b22-11+. The van der Waals surface area contributed by atoms with E-state index in [0.717, 1.165) is 0 Å². The maximum Gasteiger partial charge on any atom is 0.294 e. The average Bonchev–Trinajstić information content (AvgIpc) is 3.41. The predicted octanol–water partition coefficient (Wildman–Crippen LogP) is 1.62. The van der Waals surface area contributed by atoms with E-state index in [9.17, 15) is 9.59 Å². The molecular formula is C20H17N9O3. The molecule has 4 N–H and O–H groups in total. The molecule has 2 aromatic heterocycles. The van der Waals surface area contributed by atoms with Crippen molar-refractivity contribution in [2.24, 2.45) is 5.10 Å². The van der Waals surface area contributed by atoms with Crippen molar-refractivity contribution in [3.05, 3.63) is 65.9 Å². The number of carbonyl (C=O) groups excluding carboxylic acids is 2. The molecule has 160 valence electrons. The van der Waals surface area contributed by atoms with Crippen LogP contribution in [0.1, 0.15) is 23.0 Å². The van der Waals surface area contributed by atoms with E-state index in [-0.39, 0.29) is 23.2 Å². The van der Waals surface area contributed by atoms with Gasteiger partial charge in [0.25, 0.3) is 5.91 Å². The van der Waals surface area contributed by atoms with E-state index in [4.69, 9.17) is 5.73 Å². The number of nitrogens with two attached hydrogens (primary N) is 1. The Morgan fingerprint density at radius 3 is 2.50 bits per heavy atom. The summed E-state index contributed by atoms with van der Waals surface area (Å²) in [4.78, 5) is 23.9. The first-order valence-electron chi connectivity index (χ1n) is 9.33. The average molecular weight is 431 g/mol. The molecule has 0 aliphatic rings. The SMILES string of the molecule is CC(=O)Nc1ccc(/C=N/NC(=O)c2nnn(-c3nonc3N)c2-c2ccccc2)cc1. The summed E-state index contributed by atoms with van der Waals surface area (Å²) >= 11 is 0. The summed E-state index contributed by atoms with van der Waals surface area (Å²) in [5, 5.41) is 21.9. The Kier molecular flexibility index (Phi) is 5.66. The fourth-order valence-corrected chi connectivity index (χ4v) is 2.85. The summed E-state index contributed by atoms with van der Waals surface area (Å²) in [6.07, 6.45) is 1.46. The van der Waals surface area contributed by atoms with Gasteiger partial charge in [0, 0.05) is 18.2 Å². The molecule has 4 aromatic rings. The molecule has 0 aliphatic carbocycles. The van der Waals surface area contributed by atoms with Gasteiger partial charge in [-0.2, -0.15) is 9.78 Å². The number of hydrazone groups is 1. The smallest absolute Gasteiger partial charge is 0.294 e. The summed E-state index contributed by atoms with van der Waals surface area (Å²) in [6, 6.07) is 16.0. The summed E-state index contributed by atoms with van der Waals surface area (Å²) < 4.78 is 5.92. The van der Waals surface area contributed by atoms with Crippen molar-refractivity contribution >= 4 is 29.5 Å². The van der Waals surface area contributed by atoms with Crippen molar-refractivity contribution in [3.8, 4) is 17.1 Å². The Hall–Kier alpha value is -4.87. The molecule has 12 heteroatoms. The zero-order valence-electron chi connectivity index (χ0n) is 16.8. The van der Waals surface area contributed by atoms with E-state index < -0.39 is 5.91 Å². The Morgan fingerprint density at radius 2 is 1.84 bits per heavy atom. The summed E-state index contributed by atoms with van der Waals surface area (Å²) in [7, 11) is 0. The van der Waals surface area contributed by atoms with Gasteiger partial charge in [0.2, 0.25) is 17.5 Å². The van der Waals surface area contributed by atoms with Crippen molar-refractivity contribution in [2.45, 2.75) is 6.92 Å². The first-order chi connectivity index (χ1) is 15.5. The minimum atomic E-state index is -0.587. The molecule has 2 heterocycles. The van der Waals surface area contributed by atoms with Crippen LogP contribution in [0.25, 0.3) is 17.1 Å². The van der Waals surface area contributed by atoms with Crippen LogP contribution >= 0.6 is 0 Å². The highest BCUT2D eigenvalue weighted by Gasteiger charge is 2.24. The van der Waals surface area contributed by atoms with Gasteiger partial charge in [0.1, 0.15) is 5.69 Å². The summed E-state index contributed by atoms with van der Waals surface area (Å²) in [5.41, 5.74) is 10.6. The lowest BCUT2D eigenvalue weighted by molar-refractivity contribution is -0.114. The molecular weight excluding hydrogens is 414 g/mol. The largest absolute Gasteiger partial charge is 0.378 e. The third-order valence-corrected chi connectivity index (χ3v) is 4.24. The van der Waals surface area contributed by atoms with Crippen LogP contribution in [-0.4, -0.2) is 43.3 Å². The lowest BCUT2D eigenvalue weighted by atomic mass is 10.1. The van der Waals surface area contributed by atoms with Gasteiger partial charge in [0.15, 0.2) is 5.69 Å². The fraction of sp³-hybridized carbons (Fsp3) is 0.0500. The number of amides is 2. The zero-order chi connectivity index (χ0) is 22.5. The minimum Gasteiger partial charge on any atom is -0.378 e. The summed E-state index contributed by atoms with van der Waals surface area (Å²) in [6.45, 7) is 1.43. The topological polar surface area (TPSA) is 166 Å². The summed E-state index contributed by atoms with van der Waals surface area (Å²) in [5.74, 6) is -0.640. The third-order valence-electron chi connectivity index (χ3n) is 4.24. The molecule has 2 aromatic carbocycles. The number of rotatable bonds is 6. The third kappa shape index (κ3) is 4.33. The maximum absolute atomic E-state index is 12.8. The van der Waals surface area contributed by atoms with Gasteiger partial charge in [-0.15, -0.1) is 5.10 Å². The van der Waals surface area contributed by atoms with E-state index >= 15 is 0 Å². The van der Waals surface area contributed by atoms with Crippen LogP contribution in [0, 0.1) is 0 Å². The molecule has 0 atom stereocenters. The molecule has 0 spiro atoms. The van der Waals surface area contributed by atoms with Crippen molar-refractivity contribution in [1.29, 1.82) is 0 Å². The monoisotopic (exact) mass is 431 g/mol. The van der Waals surface area contributed by atoms with E-state index in [1.165, 1.54) is 17.8 Å². The molecule has 0 saturated carbocycles. The van der Waals surface area contributed by atoms with E-state index in [1.54, 1.807) is 36.4 Å². The normalized spacial score (nSPS) is 10.9. The van der Waals surface area contributed by atoms with Crippen LogP contribution in [0.5, 0.6) is 0 Å². The Labute approximate surface area is 181 Å². The molecule has 0 saturated heterocycles. The number of benzene rings is 2. The molecule has 0 fully saturated rings. The van der Waals surface area contributed by atoms with Crippen LogP contribution in [0.15, 0.2) is 64.3 Å². The van der Waals surface area contributed by atoms with Crippen LogP contribution < -0.4 is 16.5 Å². The predicted molar refractivity (Wildman–Crippen MR) is 115 cm³/mol. The van der Waals surface area contributed by atoms with Crippen LogP contribution in [0.4, 0.5) is 11.5 Å². The lowest BCUT2D eigenvalue weighted by Gasteiger charge is -2.05. The Morgan fingerprint density at radius 1 is 1.09 bits per heavy atom. The molecule has 0 aliphatic heterocycles. The number of hydrogen-bond donors (Lipinski definition) is 3. The zero-order valence-corrected chi connectivity index (χ0v) is 16.8. The number of nitrogens with zero attached hydrogens (tertiary/aromatic N) is 6. The van der Waals surface area contributed by atoms with Gasteiger partial charge in [-0.25, -0.2) is 10.1 Å². The molecule has 0 unspecified atom stereocenters. The Bertz CT molecular complexity index is 1280. The number of aromatic nitrogens is 5. The van der Waals surface area contributed by atoms with Gasteiger partial charge in [-0.1, -0.05) is 47.7 Å². The Balaban J connectivity index is 1.57. The quantitative estimate of drug-likeness (QED) is 0.306. The van der Waals surface area contributed by atoms with Crippen LogP contribution in [0.3, 0.4) is 0 Å². The fourth-order valence-electron chi connectivity index (χ4n) is 2.85. The van der Waals surface area contributed by atoms with E-state index in [1.807, 2.05) is 18.2 Å². The maximum atomic E-state index is 12.8. The van der Waals surface area contributed by atoms with Gasteiger partial charge in [-0.3, -0.25) is 9.59 Å². The van der Waals surface area contributed by atoms with Crippen molar-refractivity contribution in [1.82, 2.24) is 30.7 Å². The second-order valence-electron chi connectivity index (χ2n) is 6.54. The number of nitrogens with one attached hydrogen (secondary N) is 2. The van der Waals surface area contributed by atoms with Crippen molar-refractivity contribution in [2.75, 3.05) is 11.1 Å². The molecule has 32 heavy (non-hydrogen) atoms.